The van der Waals surface area contributed by atoms with Gasteiger partial charge in [0.2, 0.25) is 0 Å². The summed E-state index contributed by atoms with van der Waals surface area (Å²) in [6.45, 7) is 11.1. The number of anilines is 2. The largest absolute Gasteiger partial charge is 0.444 e. The molecule has 3 rings (SSSR count). The number of likely N-dealkylation sites (tertiary alicyclic amines) is 1. The SMILES string of the molecule is Cc1ccccc1C[C@H](CNCC1CCN(C(=O)OC(C)(C)C)CC1)CNC(=O)c1nc(Cl)c(N)nc1N. The van der Waals surface area contributed by atoms with Gasteiger partial charge in [0.25, 0.3) is 5.91 Å². The Bertz CT molecular complexity index is 1110. The average molecular weight is 546 g/mol. The predicted molar refractivity (Wildman–Crippen MR) is 150 cm³/mol. The normalized spacial score (nSPS) is 15.2. The van der Waals surface area contributed by atoms with Crippen LogP contribution in [0.2, 0.25) is 5.15 Å². The molecule has 38 heavy (non-hydrogen) atoms. The lowest BCUT2D eigenvalue weighted by molar-refractivity contribution is 0.0184. The number of hydrogen-bond donors (Lipinski definition) is 4. The lowest BCUT2D eigenvalue weighted by atomic mass is 9.94. The highest BCUT2D eigenvalue weighted by atomic mass is 35.5. The molecule has 0 aliphatic carbocycles. The predicted octanol–water partition coefficient (Wildman–Crippen LogP) is 3.43. The van der Waals surface area contributed by atoms with Gasteiger partial charge >= 0.3 is 6.09 Å². The van der Waals surface area contributed by atoms with Crippen LogP contribution in [0.5, 0.6) is 0 Å². The molecule has 1 fully saturated rings. The molecule has 0 radical (unpaired) electrons. The van der Waals surface area contributed by atoms with Crippen molar-refractivity contribution in [1.82, 2.24) is 25.5 Å². The number of aromatic nitrogens is 2. The number of benzene rings is 1. The Morgan fingerprint density at radius 3 is 2.47 bits per heavy atom. The van der Waals surface area contributed by atoms with Gasteiger partial charge in [0, 0.05) is 19.6 Å². The number of aryl methyl sites for hydroxylation is 1. The van der Waals surface area contributed by atoms with Gasteiger partial charge in [0.05, 0.1) is 0 Å². The van der Waals surface area contributed by atoms with Gasteiger partial charge in [-0.05, 0) is 83.0 Å². The van der Waals surface area contributed by atoms with Crippen LogP contribution in [0.1, 0.15) is 55.2 Å². The van der Waals surface area contributed by atoms with Crippen LogP contribution >= 0.6 is 11.6 Å². The van der Waals surface area contributed by atoms with Crippen LogP contribution in [0, 0.1) is 18.8 Å². The number of nitrogens with zero attached hydrogens (tertiary/aromatic N) is 3. The minimum atomic E-state index is -0.491. The number of piperidine rings is 1. The number of carbonyl (C=O) groups is 2. The Hall–Kier alpha value is -3.11. The summed E-state index contributed by atoms with van der Waals surface area (Å²) in [6, 6.07) is 8.24. The topological polar surface area (TPSA) is 148 Å². The molecule has 1 aromatic carbocycles. The van der Waals surface area contributed by atoms with E-state index in [1.807, 2.05) is 32.9 Å². The third-order valence-corrected chi connectivity index (χ3v) is 6.85. The molecule has 2 aromatic rings. The van der Waals surface area contributed by atoms with Crippen molar-refractivity contribution in [2.24, 2.45) is 11.8 Å². The molecular formula is C27H40ClN7O3. The van der Waals surface area contributed by atoms with Crippen molar-refractivity contribution in [3.8, 4) is 0 Å². The molecule has 1 aliphatic rings. The molecule has 1 saturated heterocycles. The lowest BCUT2D eigenvalue weighted by Crippen LogP contribution is -2.44. The van der Waals surface area contributed by atoms with Crippen LogP contribution in [-0.2, 0) is 11.2 Å². The number of ether oxygens (including phenoxy) is 1. The van der Waals surface area contributed by atoms with E-state index in [4.69, 9.17) is 27.8 Å². The third kappa shape index (κ3) is 8.73. The van der Waals surface area contributed by atoms with Gasteiger partial charge in [-0.15, -0.1) is 0 Å². The zero-order chi connectivity index (χ0) is 27.9. The number of nitrogens with one attached hydrogen (secondary N) is 2. The second-order valence-corrected chi connectivity index (χ2v) is 11.3. The third-order valence-electron chi connectivity index (χ3n) is 6.57. The van der Waals surface area contributed by atoms with Gasteiger partial charge in [-0.25, -0.2) is 14.8 Å². The fraction of sp³-hybridized carbons (Fsp3) is 0.556. The number of halogens is 1. The van der Waals surface area contributed by atoms with E-state index in [1.165, 1.54) is 11.1 Å². The summed E-state index contributed by atoms with van der Waals surface area (Å²) < 4.78 is 5.50. The molecule has 1 aliphatic heterocycles. The van der Waals surface area contributed by atoms with Crippen molar-refractivity contribution < 1.29 is 14.3 Å². The number of hydrogen-bond acceptors (Lipinski definition) is 8. The minimum Gasteiger partial charge on any atom is -0.444 e. The Morgan fingerprint density at radius 1 is 1.13 bits per heavy atom. The van der Waals surface area contributed by atoms with Gasteiger partial charge in [-0.2, -0.15) is 0 Å². The van der Waals surface area contributed by atoms with E-state index in [0.29, 0.717) is 32.1 Å². The van der Waals surface area contributed by atoms with Crippen molar-refractivity contribution in [3.05, 3.63) is 46.2 Å². The number of nitrogens with two attached hydrogens (primary N) is 2. The monoisotopic (exact) mass is 545 g/mol. The Kier molecular flexibility index (Phi) is 10.2. The molecule has 6 N–H and O–H groups in total. The van der Waals surface area contributed by atoms with Gasteiger partial charge < -0.3 is 31.7 Å². The first-order valence-electron chi connectivity index (χ1n) is 13.0. The Labute approximate surface area is 229 Å². The summed E-state index contributed by atoms with van der Waals surface area (Å²) in [6.07, 6.45) is 2.38. The molecule has 0 unspecified atom stereocenters. The first-order chi connectivity index (χ1) is 17.9. The molecule has 0 spiro atoms. The molecule has 2 amide bonds. The van der Waals surface area contributed by atoms with E-state index >= 15 is 0 Å². The highest BCUT2D eigenvalue weighted by Gasteiger charge is 2.27. The molecule has 1 atom stereocenters. The van der Waals surface area contributed by atoms with Crippen LogP contribution < -0.4 is 22.1 Å². The maximum Gasteiger partial charge on any atom is 0.410 e. The van der Waals surface area contributed by atoms with E-state index in [-0.39, 0.29) is 34.5 Å². The van der Waals surface area contributed by atoms with E-state index < -0.39 is 11.5 Å². The number of carbonyl (C=O) groups excluding carboxylic acids is 2. The van der Waals surface area contributed by atoms with Crippen LogP contribution in [0.25, 0.3) is 0 Å². The lowest BCUT2D eigenvalue weighted by Gasteiger charge is -2.33. The second-order valence-electron chi connectivity index (χ2n) is 10.9. The van der Waals surface area contributed by atoms with Gasteiger partial charge in [0.1, 0.15) is 5.60 Å². The summed E-state index contributed by atoms with van der Waals surface area (Å²) in [7, 11) is 0. The van der Waals surface area contributed by atoms with Crippen LogP contribution in [0.15, 0.2) is 24.3 Å². The first-order valence-corrected chi connectivity index (χ1v) is 13.4. The zero-order valence-corrected chi connectivity index (χ0v) is 23.5. The smallest absolute Gasteiger partial charge is 0.410 e. The number of nitrogen functional groups attached to an aromatic ring is 2. The zero-order valence-electron chi connectivity index (χ0n) is 22.7. The number of rotatable bonds is 9. The maximum atomic E-state index is 12.8. The van der Waals surface area contributed by atoms with Crippen molar-refractivity contribution in [2.75, 3.05) is 44.2 Å². The van der Waals surface area contributed by atoms with E-state index in [2.05, 4.69) is 39.7 Å². The second kappa shape index (κ2) is 13.1. The van der Waals surface area contributed by atoms with Gasteiger partial charge in [-0.3, -0.25) is 4.79 Å². The summed E-state index contributed by atoms with van der Waals surface area (Å²) in [4.78, 5) is 34.8. The Morgan fingerprint density at radius 2 is 1.82 bits per heavy atom. The molecule has 0 bridgehead atoms. The highest BCUT2D eigenvalue weighted by molar-refractivity contribution is 6.31. The standard InChI is InChI=1S/C27H40ClN7O3/c1-17-7-5-6-8-20(17)13-19(16-32-25(36)21-23(29)34-24(30)22(28)33-21)15-31-14-18-9-11-35(12-10-18)26(37)38-27(2,3)4/h5-8,18-19,31H,9-16H2,1-4H3,(H,32,36)(H4,29,30,34)/t19-/m1/s1. The quantitative estimate of drug-likeness (QED) is 0.374. The molecule has 0 saturated carbocycles. The molecule has 2 heterocycles. The summed E-state index contributed by atoms with van der Waals surface area (Å²) in [5.41, 5.74) is 13.4. The first kappa shape index (κ1) is 29.4. The molecular weight excluding hydrogens is 506 g/mol. The maximum absolute atomic E-state index is 12.8. The van der Waals surface area contributed by atoms with Crippen LogP contribution in [0.3, 0.4) is 0 Å². The summed E-state index contributed by atoms with van der Waals surface area (Å²) in [5.74, 6) is 0.0749. The van der Waals surface area contributed by atoms with Crippen LogP contribution in [0.4, 0.5) is 16.4 Å². The Balaban J connectivity index is 1.54. The van der Waals surface area contributed by atoms with Crippen LogP contribution in [-0.4, -0.2) is 65.2 Å². The fourth-order valence-electron chi connectivity index (χ4n) is 4.43. The average Bonchev–Trinajstić information content (AvgIpc) is 2.85. The van der Waals surface area contributed by atoms with Crippen molar-refractivity contribution in [1.29, 1.82) is 0 Å². The van der Waals surface area contributed by atoms with E-state index in [9.17, 15) is 9.59 Å². The molecule has 1 aromatic heterocycles. The molecule has 208 valence electrons. The van der Waals surface area contributed by atoms with Crippen molar-refractivity contribution in [3.63, 3.8) is 0 Å². The summed E-state index contributed by atoms with van der Waals surface area (Å²) in [5, 5.41) is 6.47. The fourth-order valence-corrected chi connectivity index (χ4v) is 4.56. The summed E-state index contributed by atoms with van der Waals surface area (Å²) >= 11 is 5.94. The van der Waals surface area contributed by atoms with Crippen molar-refractivity contribution in [2.45, 2.75) is 52.6 Å². The minimum absolute atomic E-state index is 0.0146. The molecule has 10 nitrogen and oxygen atoms in total. The van der Waals surface area contributed by atoms with Crippen molar-refractivity contribution >= 4 is 35.2 Å². The van der Waals surface area contributed by atoms with Gasteiger partial charge in [-0.1, -0.05) is 35.9 Å². The van der Waals surface area contributed by atoms with Gasteiger partial charge in [0.15, 0.2) is 22.5 Å². The van der Waals surface area contributed by atoms with E-state index in [0.717, 1.165) is 25.8 Å². The number of amides is 2. The molecule has 11 heteroatoms. The van der Waals surface area contributed by atoms with E-state index in [1.54, 1.807) is 4.90 Å². The highest BCUT2D eigenvalue weighted by Crippen LogP contribution is 2.20.